The first kappa shape index (κ1) is 11.4. The molecule has 17 heavy (non-hydrogen) atoms. The number of aliphatic hydroxyl groups is 1. The molecule has 88 valence electrons. The number of benzene rings is 1. The van der Waals surface area contributed by atoms with Crippen LogP contribution in [0.1, 0.15) is 17.2 Å². The molecule has 0 bridgehead atoms. The van der Waals surface area contributed by atoms with Crippen molar-refractivity contribution in [1.82, 2.24) is 4.98 Å². The van der Waals surface area contributed by atoms with Crippen molar-refractivity contribution in [3.05, 3.63) is 53.7 Å². The molecule has 1 aromatic carbocycles. The number of rotatable bonds is 3. The number of pyridine rings is 1. The molecule has 0 spiro atoms. The molecule has 1 atom stereocenters. The minimum Gasteiger partial charge on any atom is -0.399 e. The van der Waals surface area contributed by atoms with Gasteiger partial charge in [0.05, 0.1) is 6.10 Å². The van der Waals surface area contributed by atoms with Crippen molar-refractivity contribution in [1.29, 1.82) is 0 Å². The highest BCUT2D eigenvalue weighted by Gasteiger charge is 2.10. The van der Waals surface area contributed by atoms with Gasteiger partial charge in [-0.25, -0.2) is 4.98 Å². The van der Waals surface area contributed by atoms with Crippen molar-refractivity contribution in [3.8, 4) is 0 Å². The van der Waals surface area contributed by atoms with Gasteiger partial charge >= 0.3 is 0 Å². The highest BCUT2D eigenvalue weighted by molar-refractivity contribution is 5.43. The Morgan fingerprint density at radius 2 is 2.00 bits per heavy atom. The Balaban J connectivity index is 2.17. The zero-order valence-electron chi connectivity index (χ0n) is 9.38. The summed E-state index contributed by atoms with van der Waals surface area (Å²) in [6.45, 7) is 0. The number of nitrogen functional groups attached to an aromatic ring is 2. The average Bonchev–Trinajstić information content (AvgIpc) is 2.32. The lowest BCUT2D eigenvalue weighted by Gasteiger charge is -2.12. The van der Waals surface area contributed by atoms with Gasteiger partial charge in [0.15, 0.2) is 0 Å². The molecule has 0 fully saturated rings. The van der Waals surface area contributed by atoms with Crippen molar-refractivity contribution >= 4 is 11.5 Å². The van der Waals surface area contributed by atoms with E-state index in [0.717, 1.165) is 11.1 Å². The molecule has 4 nitrogen and oxygen atoms in total. The minimum atomic E-state index is -0.620. The summed E-state index contributed by atoms with van der Waals surface area (Å²) < 4.78 is 0. The largest absolute Gasteiger partial charge is 0.399 e. The Morgan fingerprint density at radius 1 is 1.18 bits per heavy atom. The SMILES string of the molecule is Nc1cccc(C(O)Cc2cccnc2N)c1. The lowest BCUT2D eigenvalue weighted by molar-refractivity contribution is 0.178. The Morgan fingerprint density at radius 3 is 2.71 bits per heavy atom. The number of anilines is 2. The van der Waals surface area contributed by atoms with Crippen LogP contribution in [0.4, 0.5) is 11.5 Å². The van der Waals surface area contributed by atoms with Crippen LogP contribution in [-0.4, -0.2) is 10.1 Å². The summed E-state index contributed by atoms with van der Waals surface area (Å²) in [5.41, 5.74) is 13.7. The maximum Gasteiger partial charge on any atom is 0.126 e. The van der Waals surface area contributed by atoms with E-state index in [2.05, 4.69) is 4.98 Å². The molecule has 5 N–H and O–H groups in total. The summed E-state index contributed by atoms with van der Waals surface area (Å²) in [4.78, 5) is 3.99. The van der Waals surface area contributed by atoms with Gasteiger partial charge in [0, 0.05) is 18.3 Å². The van der Waals surface area contributed by atoms with Gasteiger partial charge in [-0.3, -0.25) is 0 Å². The first-order valence-corrected chi connectivity index (χ1v) is 5.39. The Kier molecular flexibility index (Phi) is 3.25. The lowest BCUT2D eigenvalue weighted by Crippen LogP contribution is -2.05. The Labute approximate surface area is 99.9 Å². The molecule has 2 rings (SSSR count). The van der Waals surface area contributed by atoms with Gasteiger partial charge in [-0.05, 0) is 29.3 Å². The smallest absolute Gasteiger partial charge is 0.126 e. The standard InChI is InChI=1S/C13H15N3O/c14-11-5-1-3-9(7-11)12(17)8-10-4-2-6-16-13(10)15/h1-7,12,17H,8,14H2,(H2,15,16). The molecule has 0 aliphatic heterocycles. The van der Waals surface area contributed by atoms with Crippen LogP contribution in [-0.2, 0) is 6.42 Å². The van der Waals surface area contributed by atoms with E-state index in [1.54, 1.807) is 24.4 Å². The van der Waals surface area contributed by atoms with E-state index >= 15 is 0 Å². The summed E-state index contributed by atoms with van der Waals surface area (Å²) in [6.07, 6.45) is 1.44. The number of nitrogens with zero attached hydrogens (tertiary/aromatic N) is 1. The molecule has 0 amide bonds. The molecular weight excluding hydrogens is 214 g/mol. The average molecular weight is 229 g/mol. The van der Waals surface area contributed by atoms with E-state index in [9.17, 15) is 5.11 Å². The van der Waals surface area contributed by atoms with Crippen molar-refractivity contribution in [2.24, 2.45) is 0 Å². The van der Waals surface area contributed by atoms with Crippen molar-refractivity contribution in [2.75, 3.05) is 11.5 Å². The minimum absolute atomic E-state index is 0.434. The maximum absolute atomic E-state index is 10.1. The second-order valence-electron chi connectivity index (χ2n) is 3.94. The lowest BCUT2D eigenvalue weighted by atomic mass is 10.0. The summed E-state index contributed by atoms with van der Waals surface area (Å²) in [5, 5.41) is 10.1. The maximum atomic E-state index is 10.1. The molecule has 0 aliphatic carbocycles. The zero-order chi connectivity index (χ0) is 12.3. The number of nitrogens with two attached hydrogens (primary N) is 2. The summed E-state index contributed by atoms with van der Waals surface area (Å²) in [7, 11) is 0. The van der Waals surface area contributed by atoms with E-state index in [1.807, 2.05) is 18.2 Å². The molecular formula is C13H15N3O. The van der Waals surface area contributed by atoms with Gasteiger partial charge < -0.3 is 16.6 Å². The van der Waals surface area contributed by atoms with Gasteiger partial charge in [0.2, 0.25) is 0 Å². The van der Waals surface area contributed by atoms with Gasteiger partial charge in [-0.15, -0.1) is 0 Å². The van der Waals surface area contributed by atoms with Crippen LogP contribution >= 0.6 is 0 Å². The molecule has 0 saturated carbocycles. The highest BCUT2D eigenvalue weighted by atomic mass is 16.3. The van der Waals surface area contributed by atoms with E-state index in [-0.39, 0.29) is 0 Å². The molecule has 0 saturated heterocycles. The second kappa shape index (κ2) is 4.84. The number of aromatic nitrogens is 1. The third kappa shape index (κ3) is 2.73. The fraction of sp³-hybridized carbons (Fsp3) is 0.154. The monoisotopic (exact) mass is 229 g/mol. The molecule has 4 heteroatoms. The second-order valence-corrected chi connectivity index (χ2v) is 3.94. The molecule has 0 aliphatic rings. The molecule has 2 aromatic rings. The van der Waals surface area contributed by atoms with Crippen LogP contribution in [0.25, 0.3) is 0 Å². The van der Waals surface area contributed by atoms with Crippen molar-refractivity contribution in [2.45, 2.75) is 12.5 Å². The first-order valence-electron chi connectivity index (χ1n) is 5.39. The van der Waals surface area contributed by atoms with E-state index in [1.165, 1.54) is 0 Å². The Bertz CT molecular complexity index is 514. The predicted octanol–water partition coefficient (Wildman–Crippen LogP) is 1.52. The number of hydrogen-bond donors (Lipinski definition) is 3. The normalized spacial score (nSPS) is 12.3. The van der Waals surface area contributed by atoms with Gasteiger partial charge in [-0.2, -0.15) is 0 Å². The van der Waals surface area contributed by atoms with Crippen LogP contribution in [0.3, 0.4) is 0 Å². The topological polar surface area (TPSA) is 85.2 Å². The molecule has 1 unspecified atom stereocenters. The predicted molar refractivity (Wildman–Crippen MR) is 68.2 cm³/mol. The number of aliphatic hydroxyl groups excluding tert-OH is 1. The Hall–Kier alpha value is -2.07. The van der Waals surface area contributed by atoms with Crippen LogP contribution in [0, 0.1) is 0 Å². The molecule has 1 aromatic heterocycles. The van der Waals surface area contributed by atoms with Crippen LogP contribution < -0.4 is 11.5 Å². The molecule has 0 radical (unpaired) electrons. The van der Waals surface area contributed by atoms with Crippen molar-refractivity contribution in [3.63, 3.8) is 0 Å². The summed E-state index contributed by atoms with van der Waals surface area (Å²) >= 11 is 0. The van der Waals surface area contributed by atoms with Crippen LogP contribution in [0.5, 0.6) is 0 Å². The van der Waals surface area contributed by atoms with Crippen LogP contribution in [0.15, 0.2) is 42.6 Å². The summed E-state index contributed by atoms with van der Waals surface area (Å²) in [5.74, 6) is 0.454. The zero-order valence-corrected chi connectivity index (χ0v) is 9.38. The van der Waals surface area contributed by atoms with Gasteiger partial charge in [-0.1, -0.05) is 18.2 Å². The van der Waals surface area contributed by atoms with Crippen molar-refractivity contribution < 1.29 is 5.11 Å². The number of hydrogen-bond acceptors (Lipinski definition) is 4. The fourth-order valence-corrected chi connectivity index (χ4v) is 1.72. The quantitative estimate of drug-likeness (QED) is 0.697. The van der Waals surface area contributed by atoms with E-state index in [0.29, 0.717) is 17.9 Å². The van der Waals surface area contributed by atoms with Gasteiger partial charge in [0.1, 0.15) is 5.82 Å². The fourth-order valence-electron chi connectivity index (χ4n) is 1.72. The third-order valence-corrected chi connectivity index (χ3v) is 2.63. The molecule has 1 heterocycles. The highest BCUT2D eigenvalue weighted by Crippen LogP contribution is 2.21. The first-order chi connectivity index (χ1) is 8.16. The van der Waals surface area contributed by atoms with E-state index < -0.39 is 6.10 Å². The summed E-state index contributed by atoms with van der Waals surface area (Å²) in [6, 6.07) is 10.9. The van der Waals surface area contributed by atoms with E-state index in [4.69, 9.17) is 11.5 Å². The third-order valence-electron chi connectivity index (χ3n) is 2.63. The van der Waals surface area contributed by atoms with Gasteiger partial charge in [0.25, 0.3) is 0 Å². The van der Waals surface area contributed by atoms with Crippen LogP contribution in [0.2, 0.25) is 0 Å².